The number of carboxylic acid groups (broad SMARTS) is 1. The molecule has 102 valence electrons. The number of benzene rings is 1. The molecule has 7 heteroatoms. The van der Waals surface area contributed by atoms with E-state index in [1.807, 2.05) is 5.32 Å². The lowest BCUT2D eigenvalue weighted by molar-refractivity contribution is -0.138. The van der Waals surface area contributed by atoms with E-state index < -0.39 is 17.9 Å². The van der Waals surface area contributed by atoms with Crippen molar-refractivity contribution >= 4 is 35.2 Å². The molecule has 0 saturated carbocycles. The number of carbonyl (C=O) groups is 3. The normalized spacial score (nSPS) is 9.79. The van der Waals surface area contributed by atoms with Gasteiger partial charge in [-0.1, -0.05) is 11.6 Å². The molecule has 0 atom stereocenters. The third-order valence-corrected chi connectivity index (χ3v) is 2.49. The van der Waals surface area contributed by atoms with Gasteiger partial charge in [-0.3, -0.25) is 14.9 Å². The predicted molar refractivity (Wildman–Crippen MR) is 70.2 cm³/mol. The monoisotopic (exact) mass is 284 g/mol. The zero-order valence-electron chi connectivity index (χ0n) is 10.2. The van der Waals surface area contributed by atoms with Gasteiger partial charge in [0.25, 0.3) is 0 Å². The van der Waals surface area contributed by atoms with Gasteiger partial charge in [-0.15, -0.1) is 0 Å². The second-order valence-corrected chi connectivity index (χ2v) is 4.29. The second kappa shape index (κ2) is 6.75. The van der Waals surface area contributed by atoms with Crippen molar-refractivity contribution in [1.29, 1.82) is 0 Å². The van der Waals surface area contributed by atoms with Gasteiger partial charge in [0.15, 0.2) is 0 Å². The molecule has 3 N–H and O–H groups in total. The molecule has 0 saturated heterocycles. The number of rotatable bonds is 4. The molecule has 0 spiro atoms. The summed E-state index contributed by atoms with van der Waals surface area (Å²) in [5.74, 6) is -1.74. The molecule has 0 radical (unpaired) electrons. The Labute approximate surface area is 114 Å². The highest BCUT2D eigenvalue weighted by Crippen LogP contribution is 2.19. The van der Waals surface area contributed by atoms with Crippen LogP contribution in [0.5, 0.6) is 0 Å². The van der Waals surface area contributed by atoms with Gasteiger partial charge in [0.05, 0.1) is 6.42 Å². The van der Waals surface area contributed by atoms with E-state index in [0.717, 1.165) is 5.56 Å². The number of carbonyl (C=O) groups excluding carboxylic acids is 2. The van der Waals surface area contributed by atoms with Crippen LogP contribution in [0.25, 0.3) is 0 Å². The Bertz CT molecular complexity index is 516. The Hall–Kier alpha value is -2.08. The molecule has 0 bridgehead atoms. The lowest BCUT2D eigenvalue weighted by Crippen LogP contribution is -2.34. The summed E-state index contributed by atoms with van der Waals surface area (Å²) in [6.45, 7) is 1.76. The molecule has 0 unspecified atom stereocenters. The van der Waals surface area contributed by atoms with Crippen molar-refractivity contribution in [3.8, 4) is 0 Å². The van der Waals surface area contributed by atoms with Gasteiger partial charge in [-0.25, -0.2) is 4.79 Å². The summed E-state index contributed by atoms with van der Waals surface area (Å²) < 4.78 is 0. The van der Waals surface area contributed by atoms with E-state index in [9.17, 15) is 14.4 Å². The van der Waals surface area contributed by atoms with E-state index in [1.54, 1.807) is 25.1 Å². The summed E-state index contributed by atoms with van der Waals surface area (Å²) in [7, 11) is 0. The number of aryl methyl sites for hydroxylation is 1. The van der Waals surface area contributed by atoms with Crippen molar-refractivity contribution < 1.29 is 19.5 Å². The number of urea groups is 1. The molecule has 1 rings (SSSR count). The molecular formula is C12H13ClN2O4. The van der Waals surface area contributed by atoms with E-state index >= 15 is 0 Å². The third-order valence-electron chi connectivity index (χ3n) is 2.26. The molecule has 1 aromatic carbocycles. The van der Waals surface area contributed by atoms with Gasteiger partial charge >= 0.3 is 12.0 Å². The topological polar surface area (TPSA) is 95.5 Å². The first kappa shape index (κ1) is 15.0. The van der Waals surface area contributed by atoms with E-state index in [4.69, 9.17) is 16.7 Å². The quantitative estimate of drug-likeness (QED) is 0.789. The summed E-state index contributed by atoms with van der Waals surface area (Å²) in [4.78, 5) is 33.0. The summed E-state index contributed by atoms with van der Waals surface area (Å²) in [6, 6.07) is 4.18. The molecule has 0 aliphatic rings. The fourth-order valence-corrected chi connectivity index (χ4v) is 1.56. The van der Waals surface area contributed by atoms with E-state index in [0.29, 0.717) is 10.7 Å². The van der Waals surface area contributed by atoms with Gasteiger partial charge in [0.1, 0.15) is 0 Å². The van der Waals surface area contributed by atoms with Crippen LogP contribution in [0.1, 0.15) is 18.4 Å². The lowest BCUT2D eigenvalue weighted by atomic mass is 10.2. The van der Waals surface area contributed by atoms with Crippen LogP contribution in [0.3, 0.4) is 0 Å². The van der Waals surface area contributed by atoms with Crippen molar-refractivity contribution in [3.05, 3.63) is 28.8 Å². The smallest absolute Gasteiger partial charge is 0.325 e. The van der Waals surface area contributed by atoms with E-state index in [-0.39, 0.29) is 12.8 Å². The Morgan fingerprint density at radius 3 is 2.53 bits per heavy atom. The Morgan fingerprint density at radius 1 is 1.26 bits per heavy atom. The largest absolute Gasteiger partial charge is 0.481 e. The number of anilines is 1. The minimum Gasteiger partial charge on any atom is -0.481 e. The van der Waals surface area contributed by atoms with Gasteiger partial charge in [0.2, 0.25) is 5.91 Å². The highest BCUT2D eigenvalue weighted by atomic mass is 35.5. The maximum Gasteiger partial charge on any atom is 0.325 e. The number of aliphatic carboxylic acids is 1. The fourth-order valence-electron chi connectivity index (χ4n) is 1.33. The summed E-state index contributed by atoms with van der Waals surface area (Å²) >= 11 is 5.77. The van der Waals surface area contributed by atoms with E-state index in [1.165, 1.54) is 0 Å². The maximum absolute atomic E-state index is 11.5. The molecule has 0 fully saturated rings. The molecule has 1 aromatic rings. The molecule has 0 heterocycles. The molecule has 0 aromatic heterocycles. The number of hydrogen-bond donors (Lipinski definition) is 3. The Balaban J connectivity index is 2.51. The van der Waals surface area contributed by atoms with Crippen LogP contribution in [-0.2, 0) is 9.59 Å². The first-order chi connectivity index (χ1) is 8.88. The SMILES string of the molecule is Cc1cc(Cl)ccc1NC(=O)NC(=O)CCC(=O)O. The van der Waals surface area contributed by atoms with Gasteiger partial charge < -0.3 is 10.4 Å². The number of carboxylic acids is 1. The Kier molecular flexibility index (Phi) is 5.32. The maximum atomic E-state index is 11.5. The predicted octanol–water partition coefficient (Wildman–Crippen LogP) is 2.16. The second-order valence-electron chi connectivity index (χ2n) is 3.86. The minimum absolute atomic E-state index is 0.248. The third kappa shape index (κ3) is 5.39. The van der Waals surface area contributed by atoms with Gasteiger partial charge in [-0.05, 0) is 30.7 Å². The summed E-state index contributed by atoms with van der Waals surface area (Å²) in [6.07, 6.45) is -0.568. The number of amides is 3. The highest BCUT2D eigenvalue weighted by molar-refractivity contribution is 6.30. The van der Waals surface area contributed by atoms with Crippen molar-refractivity contribution in [1.82, 2.24) is 5.32 Å². The van der Waals surface area contributed by atoms with Crippen molar-refractivity contribution in [3.63, 3.8) is 0 Å². The molecule has 0 aliphatic heterocycles. The van der Waals surface area contributed by atoms with Crippen LogP contribution in [0, 0.1) is 6.92 Å². The first-order valence-electron chi connectivity index (χ1n) is 5.47. The van der Waals surface area contributed by atoms with Crippen molar-refractivity contribution in [2.75, 3.05) is 5.32 Å². The highest BCUT2D eigenvalue weighted by Gasteiger charge is 2.10. The molecule has 6 nitrogen and oxygen atoms in total. The average molecular weight is 285 g/mol. The Morgan fingerprint density at radius 2 is 1.95 bits per heavy atom. The standard InChI is InChI=1S/C12H13ClN2O4/c1-7-6-8(13)2-3-9(7)14-12(19)15-10(16)4-5-11(17)18/h2-3,6H,4-5H2,1H3,(H,17,18)(H2,14,15,16,19). The number of imide groups is 1. The van der Waals surface area contributed by atoms with Crippen molar-refractivity contribution in [2.45, 2.75) is 19.8 Å². The van der Waals surface area contributed by atoms with Crippen LogP contribution < -0.4 is 10.6 Å². The van der Waals surface area contributed by atoms with Crippen LogP contribution in [0.2, 0.25) is 5.02 Å². The zero-order chi connectivity index (χ0) is 14.4. The number of halogens is 1. The van der Waals surface area contributed by atoms with Gasteiger partial charge in [-0.2, -0.15) is 0 Å². The molecular weight excluding hydrogens is 272 g/mol. The number of hydrogen-bond acceptors (Lipinski definition) is 3. The molecule has 3 amide bonds. The molecule has 0 aliphatic carbocycles. The fraction of sp³-hybridized carbons (Fsp3) is 0.250. The van der Waals surface area contributed by atoms with Crippen LogP contribution >= 0.6 is 11.6 Å². The van der Waals surface area contributed by atoms with Crippen LogP contribution in [0.15, 0.2) is 18.2 Å². The lowest BCUT2D eigenvalue weighted by Gasteiger charge is -2.09. The summed E-state index contributed by atoms with van der Waals surface area (Å²) in [5, 5.41) is 13.5. The zero-order valence-corrected chi connectivity index (χ0v) is 11.0. The molecule has 19 heavy (non-hydrogen) atoms. The first-order valence-corrected chi connectivity index (χ1v) is 5.85. The number of nitrogens with one attached hydrogen (secondary N) is 2. The van der Waals surface area contributed by atoms with Crippen LogP contribution in [-0.4, -0.2) is 23.0 Å². The van der Waals surface area contributed by atoms with Gasteiger partial charge in [0, 0.05) is 17.1 Å². The average Bonchev–Trinajstić information content (AvgIpc) is 2.30. The summed E-state index contributed by atoms with van der Waals surface area (Å²) in [5.41, 5.74) is 1.27. The van der Waals surface area contributed by atoms with E-state index in [2.05, 4.69) is 5.32 Å². The van der Waals surface area contributed by atoms with Crippen LogP contribution in [0.4, 0.5) is 10.5 Å². The minimum atomic E-state index is -1.09. The van der Waals surface area contributed by atoms with Crippen molar-refractivity contribution in [2.24, 2.45) is 0 Å².